The van der Waals surface area contributed by atoms with E-state index in [4.69, 9.17) is 16.3 Å². The van der Waals surface area contributed by atoms with Crippen LogP contribution in [0.4, 0.5) is 8.78 Å². The van der Waals surface area contributed by atoms with Crippen molar-refractivity contribution in [3.63, 3.8) is 0 Å². The summed E-state index contributed by atoms with van der Waals surface area (Å²) in [5.41, 5.74) is 1.95. The van der Waals surface area contributed by atoms with Crippen molar-refractivity contribution < 1.29 is 13.5 Å². The van der Waals surface area contributed by atoms with E-state index in [1.807, 2.05) is 18.2 Å². The molecule has 1 saturated heterocycles. The molecule has 0 unspecified atom stereocenters. The van der Waals surface area contributed by atoms with Crippen molar-refractivity contribution in [2.45, 2.75) is 38.8 Å². The average molecular weight is 494 g/mol. The van der Waals surface area contributed by atoms with E-state index < -0.39 is 11.6 Å². The van der Waals surface area contributed by atoms with E-state index in [0.29, 0.717) is 16.6 Å². The number of likely N-dealkylation sites (tertiary alicyclic amines) is 1. The van der Waals surface area contributed by atoms with Gasteiger partial charge in [-0.25, -0.2) is 8.78 Å². The van der Waals surface area contributed by atoms with E-state index in [9.17, 15) is 14.0 Å². The maximum atomic E-state index is 14.4. The van der Waals surface area contributed by atoms with E-state index >= 15 is 0 Å². The van der Waals surface area contributed by atoms with Crippen LogP contribution in [0.3, 0.4) is 0 Å². The summed E-state index contributed by atoms with van der Waals surface area (Å²) in [7, 11) is 1.63. The van der Waals surface area contributed by atoms with Crippen molar-refractivity contribution in [1.29, 1.82) is 5.26 Å². The molecule has 0 spiro atoms. The SMILES string of the molecule is COc1cc(/C=C/c2nccc(-c3c(F)cccc3F)c2C#N)c(Cl)cc1CN1CCCC[C@H]1C. The summed E-state index contributed by atoms with van der Waals surface area (Å²) in [6.45, 7) is 4.04. The second-order valence-corrected chi connectivity index (χ2v) is 9.07. The Kier molecular flexibility index (Phi) is 7.80. The highest BCUT2D eigenvalue weighted by atomic mass is 35.5. The lowest BCUT2D eigenvalue weighted by Gasteiger charge is -2.33. The van der Waals surface area contributed by atoms with Crippen LogP contribution >= 0.6 is 11.6 Å². The standard InChI is InChI=1S/C28H26ClF2N3O/c1-18-6-3-4-13-34(18)17-20-14-23(29)19(15-27(20)35-2)9-10-26-22(16-32)21(11-12-33-26)28-24(30)7-5-8-25(28)31/h5,7-12,14-15,18H,3-4,6,13,17H2,1-2H3/b10-9+/t18-/m1/s1. The fraction of sp³-hybridized carbons (Fsp3) is 0.286. The minimum atomic E-state index is -0.742. The number of hydrogen-bond donors (Lipinski definition) is 0. The van der Waals surface area contributed by atoms with Crippen LogP contribution in [0, 0.1) is 23.0 Å². The average Bonchev–Trinajstić information content (AvgIpc) is 2.85. The van der Waals surface area contributed by atoms with Crippen LogP contribution in [0.2, 0.25) is 5.02 Å². The Hall–Kier alpha value is -3.27. The van der Waals surface area contributed by atoms with Gasteiger partial charge < -0.3 is 4.74 Å². The van der Waals surface area contributed by atoms with E-state index in [1.54, 1.807) is 19.3 Å². The number of nitrogens with zero attached hydrogens (tertiary/aromatic N) is 3. The highest BCUT2D eigenvalue weighted by Gasteiger charge is 2.21. The topological polar surface area (TPSA) is 49.1 Å². The van der Waals surface area contributed by atoms with Crippen LogP contribution in [0.25, 0.3) is 23.3 Å². The lowest BCUT2D eigenvalue weighted by atomic mass is 9.98. The fourth-order valence-corrected chi connectivity index (χ4v) is 4.77. The number of ether oxygens (including phenoxy) is 1. The summed E-state index contributed by atoms with van der Waals surface area (Å²) in [5, 5.41) is 10.3. The zero-order chi connectivity index (χ0) is 24.9. The Bertz CT molecular complexity index is 1280. The first-order valence-electron chi connectivity index (χ1n) is 11.5. The Balaban J connectivity index is 1.67. The highest BCUT2D eigenvalue weighted by molar-refractivity contribution is 6.32. The number of methoxy groups -OCH3 is 1. The van der Waals surface area contributed by atoms with E-state index in [0.717, 1.165) is 36.5 Å². The van der Waals surface area contributed by atoms with Gasteiger partial charge in [-0.05, 0) is 68.3 Å². The zero-order valence-electron chi connectivity index (χ0n) is 19.7. The van der Waals surface area contributed by atoms with E-state index in [1.165, 1.54) is 37.6 Å². The number of pyridine rings is 1. The summed E-state index contributed by atoms with van der Waals surface area (Å²) in [5.74, 6) is -0.759. The lowest BCUT2D eigenvalue weighted by Crippen LogP contribution is -2.36. The molecule has 4 rings (SSSR count). The van der Waals surface area contributed by atoms with Crippen molar-refractivity contribution in [3.8, 4) is 22.9 Å². The molecule has 0 aliphatic carbocycles. The Labute approximate surface area is 209 Å². The van der Waals surface area contributed by atoms with Gasteiger partial charge in [0.25, 0.3) is 0 Å². The van der Waals surface area contributed by atoms with Crippen LogP contribution in [0.1, 0.15) is 48.6 Å². The Morgan fingerprint density at radius 3 is 2.66 bits per heavy atom. The molecule has 0 amide bonds. The molecule has 7 heteroatoms. The van der Waals surface area contributed by atoms with Crippen molar-refractivity contribution in [1.82, 2.24) is 9.88 Å². The normalized spacial score (nSPS) is 16.4. The lowest BCUT2D eigenvalue weighted by molar-refractivity contribution is 0.151. The van der Waals surface area contributed by atoms with Crippen LogP contribution in [0.15, 0.2) is 42.6 Å². The highest BCUT2D eigenvalue weighted by Crippen LogP contribution is 2.33. The van der Waals surface area contributed by atoms with Crippen LogP contribution in [0.5, 0.6) is 5.75 Å². The van der Waals surface area contributed by atoms with E-state index in [2.05, 4.69) is 16.8 Å². The molecule has 3 aromatic rings. The molecule has 35 heavy (non-hydrogen) atoms. The first-order chi connectivity index (χ1) is 16.9. The predicted molar refractivity (Wildman–Crippen MR) is 135 cm³/mol. The molecular weight excluding hydrogens is 468 g/mol. The van der Waals surface area contributed by atoms with Gasteiger partial charge in [0, 0.05) is 34.9 Å². The van der Waals surface area contributed by atoms with Gasteiger partial charge in [-0.2, -0.15) is 5.26 Å². The summed E-state index contributed by atoms with van der Waals surface area (Å²) in [6.07, 6.45) is 8.39. The number of nitriles is 1. The van der Waals surface area contributed by atoms with Crippen molar-refractivity contribution >= 4 is 23.8 Å². The van der Waals surface area contributed by atoms with Crippen LogP contribution in [-0.4, -0.2) is 29.6 Å². The zero-order valence-corrected chi connectivity index (χ0v) is 20.4. The van der Waals surface area contributed by atoms with Crippen molar-refractivity contribution in [2.75, 3.05) is 13.7 Å². The number of aromatic nitrogens is 1. The molecule has 2 aromatic carbocycles. The van der Waals surface area contributed by atoms with Gasteiger partial charge in [-0.1, -0.05) is 30.2 Å². The first-order valence-corrected chi connectivity index (χ1v) is 11.9. The van der Waals surface area contributed by atoms with Gasteiger partial charge in [-0.15, -0.1) is 0 Å². The third-order valence-electron chi connectivity index (χ3n) is 6.46. The number of benzene rings is 2. The minimum Gasteiger partial charge on any atom is -0.496 e. The summed E-state index contributed by atoms with van der Waals surface area (Å²) in [4.78, 5) is 6.68. The third-order valence-corrected chi connectivity index (χ3v) is 6.79. The molecule has 4 nitrogen and oxygen atoms in total. The molecule has 2 heterocycles. The Morgan fingerprint density at radius 1 is 1.20 bits per heavy atom. The van der Waals surface area contributed by atoms with Crippen molar-refractivity contribution in [2.24, 2.45) is 0 Å². The molecule has 180 valence electrons. The molecule has 1 aliphatic rings. The third kappa shape index (κ3) is 5.37. The van der Waals surface area contributed by atoms with Gasteiger partial charge in [0.2, 0.25) is 0 Å². The quantitative estimate of drug-likeness (QED) is 0.367. The van der Waals surface area contributed by atoms with Gasteiger partial charge in [0.15, 0.2) is 0 Å². The molecule has 1 aliphatic heterocycles. The Morgan fingerprint density at radius 2 is 1.97 bits per heavy atom. The first kappa shape index (κ1) is 24.8. The van der Waals surface area contributed by atoms with Gasteiger partial charge in [0.1, 0.15) is 23.5 Å². The molecule has 1 aromatic heterocycles. The molecule has 0 radical (unpaired) electrons. The maximum Gasteiger partial charge on any atom is 0.134 e. The molecule has 0 saturated carbocycles. The van der Waals surface area contributed by atoms with Crippen molar-refractivity contribution in [3.05, 3.63) is 81.6 Å². The summed E-state index contributed by atoms with van der Waals surface area (Å²) < 4.78 is 34.4. The summed E-state index contributed by atoms with van der Waals surface area (Å²) in [6, 6.07) is 11.4. The summed E-state index contributed by atoms with van der Waals surface area (Å²) >= 11 is 6.61. The van der Waals surface area contributed by atoms with Gasteiger partial charge >= 0.3 is 0 Å². The number of piperidine rings is 1. The fourth-order valence-electron chi connectivity index (χ4n) is 4.52. The molecular formula is C28H26ClF2N3O. The molecule has 1 atom stereocenters. The number of hydrogen-bond acceptors (Lipinski definition) is 4. The van der Waals surface area contributed by atoms with Gasteiger partial charge in [-0.3, -0.25) is 9.88 Å². The van der Waals surface area contributed by atoms with Gasteiger partial charge in [0.05, 0.1) is 23.9 Å². The predicted octanol–water partition coefficient (Wildman–Crippen LogP) is 7.11. The van der Waals surface area contributed by atoms with E-state index in [-0.39, 0.29) is 22.4 Å². The maximum absolute atomic E-state index is 14.4. The second-order valence-electron chi connectivity index (χ2n) is 8.66. The monoisotopic (exact) mass is 493 g/mol. The largest absolute Gasteiger partial charge is 0.496 e. The number of rotatable bonds is 6. The van der Waals surface area contributed by atoms with Crippen LogP contribution < -0.4 is 4.74 Å². The smallest absolute Gasteiger partial charge is 0.134 e. The molecule has 0 bridgehead atoms. The minimum absolute atomic E-state index is 0.0755. The molecule has 1 fully saturated rings. The molecule has 0 N–H and O–H groups in total. The van der Waals surface area contributed by atoms with Crippen LogP contribution in [-0.2, 0) is 6.54 Å². The second kappa shape index (κ2) is 11.0. The number of halogens is 3.